The number of nitrogens with one attached hydrogen (secondary N) is 2. The Morgan fingerprint density at radius 1 is 0.704 bits per heavy atom. The summed E-state index contributed by atoms with van der Waals surface area (Å²) in [6, 6.07) is 29.0. The lowest BCUT2D eigenvalue weighted by Crippen LogP contribution is -2.43. The van der Waals surface area contributed by atoms with Crippen molar-refractivity contribution in [2.75, 3.05) is 0 Å². The van der Waals surface area contributed by atoms with E-state index in [2.05, 4.69) is 35.1 Å². The van der Waals surface area contributed by atoms with E-state index in [9.17, 15) is 9.59 Å². The maximum absolute atomic E-state index is 12.8. The van der Waals surface area contributed by atoms with Crippen LogP contribution in [-0.2, 0) is 10.2 Å². The molecule has 0 spiro atoms. The molecule has 4 heteroatoms. The highest BCUT2D eigenvalue weighted by molar-refractivity contribution is 5.96. The van der Waals surface area contributed by atoms with Crippen molar-refractivity contribution in [2.24, 2.45) is 5.92 Å². The molecule has 1 aliphatic carbocycles. The topological polar surface area (TPSA) is 58.2 Å². The van der Waals surface area contributed by atoms with Crippen LogP contribution in [0.3, 0.4) is 0 Å². The lowest BCUT2D eigenvalue weighted by atomic mass is 9.85. The summed E-state index contributed by atoms with van der Waals surface area (Å²) in [6.45, 7) is 0. The Balaban J connectivity index is 1.52. The number of amides is 2. The maximum Gasteiger partial charge on any atom is 0.269 e. The Kier molecular flexibility index (Phi) is 4.47. The predicted molar refractivity (Wildman–Crippen MR) is 104 cm³/mol. The van der Waals surface area contributed by atoms with Crippen LogP contribution >= 0.6 is 0 Å². The Bertz CT molecular complexity index is 900. The molecule has 0 saturated heterocycles. The minimum absolute atomic E-state index is 0.174. The second-order valence-corrected chi connectivity index (χ2v) is 6.77. The molecule has 2 amide bonds. The van der Waals surface area contributed by atoms with Gasteiger partial charge in [0.2, 0.25) is 5.91 Å². The fourth-order valence-electron chi connectivity index (χ4n) is 3.72. The van der Waals surface area contributed by atoms with Gasteiger partial charge in [0, 0.05) is 11.0 Å². The maximum atomic E-state index is 12.8. The highest BCUT2D eigenvalue weighted by atomic mass is 16.2. The predicted octanol–water partition coefficient (Wildman–Crippen LogP) is 3.45. The van der Waals surface area contributed by atoms with Gasteiger partial charge in [0.05, 0.1) is 5.92 Å². The van der Waals surface area contributed by atoms with E-state index in [1.54, 1.807) is 24.3 Å². The molecule has 1 saturated carbocycles. The van der Waals surface area contributed by atoms with Crippen molar-refractivity contribution in [3.8, 4) is 0 Å². The molecule has 0 radical (unpaired) electrons. The summed E-state index contributed by atoms with van der Waals surface area (Å²) in [4.78, 5) is 24.9. The van der Waals surface area contributed by atoms with Crippen LogP contribution in [0.15, 0.2) is 91.0 Å². The number of carbonyl (C=O) groups is 2. The zero-order valence-electron chi connectivity index (χ0n) is 14.8. The standard InChI is InChI=1S/C23H20N2O2/c26-21(17-10-4-1-5-11-17)24-25-22(27)20-16-23(20,18-12-6-2-7-13-18)19-14-8-3-9-15-19/h1-15,20H,16H2,(H,24,26)(H,25,27). The van der Waals surface area contributed by atoms with Gasteiger partial charge in [0.1, 0.15) is 0 Å². The summed E-state index contributed by atoms with van der Waals surface area (Å²) in [6.07, 6.45) is 0.716. The summed E-state index contributed by atoms with van der Waals surface area (Å²) in [5.41, 5.74) is 7.52. The van der Waals surface area contributed by atoms with Gasteiger partial charge in [-0.15, -0.1) is 0 Å². The zero-order chi connectivity index (χ0) is 18.7. The summed E-state index contributed by atoms with van der Waals surface area (Å²) >= 11 is 0. The van der Waals surface area contributed by atoms with Crippen LogP contribution in [0.5, 0.6) is 0 Å². The average molecular weight is 356 g/mol. The zero-order valence-corrected chi connectivity index (χ0v) is 14.8. The highest BCUT2D eigenvalue weighted by Gasteiger charge is 2.60. The van der Waals surface area contributed by atoms with Gasteiger partial charge in [-0.25, -0.2) is 0 Å². The molecule has 1 atom stereocenters. The van der Waals surface area contributed by atoms with Crippen LogP contribution in [0.25, 0.3) is 0 Å². The van der Waals surface area contributed by atoms with Crippen molar-refractivity contribution < 1.29 is 9.59 Å². The third-order valence-corrected chi connectivity index (χ3v) is 5.19. The number of benzene rings is 3. The number of hydrogen-bond acceptors (Lipinski definition) is 2. The first kappa shape index (κ1) is 17.0. The van der Waals surface area contributed by atoms with Gasteiger partial charge >= 0.3 is 0 Å². The van der Waals surface area contributed by atoms with Crippen molar-refractivity contribution in [3.63, 3.8) is 0 Å². The molecule has 27 heavy (non-hydrogen) atoms. The van der Waals surface area contributed by atoms with Crippen molar-refractivity contribution in [3.05, 3.63) is 108 Å². The molecule has 0 heterocycles. The highest BCUT2D eigenvalue weighted by Crippen LogP contribution is 2.58. The second kappa shape index (κ2) is 7.08. The Labute approximate surface area is 158 Å². The van der Waals surface area contributed by atoms with E-state index >= 15 is 0 Å². The van der Waals surface area contributed by atoms with E-state index < -0.39 is 0 Å². The molecule has 3 aromatic carbocycles. The third-order valence-electron chi connectivity index (χ3n) is 5.19. The molecule has 3 aromatic rings. The molecule has 2 N–H and O–H groups in total. The summed E-state index contributed by atoms with van der Waals surface area (Å²) in [5, 5.41) is 0. The molecule has 1 fully saturated rings. The van der Waals surface area contributed by atoms with E-state index in [1.165, 1.54) is 0 Å². The molecule has 4 nitrogen and oxygen atoms in total. The summed E-state index contributed by atoms with van der Waals surface area (Å²) in [5.74, 6) is -0.722. The number of hydrazine groups is 1. The SMILES string of the molecule is O=C(NNC(=O)C1CC1(c1ccccc1)c1ccccc1)c1ccccc1. The minimum Gasteiger partial charge on any atom is -0.273 e. The fourth-order valence-corrected chi connectivity index (χ4v) is 3.72. The second-order valence-electron chi connectivity index (χ2n) is 6.77. The van der Waals surface area contributed by atoms with Crippen LogP contribution < -0.4 is 10.9 Å². The van der Waals surface area contributed by atoms with Gasteiger partial charge in [-0.3, -0.25) is 20.4 Å². The van der Waals surface area contributed by atoms with Crippen LogP contribution in [0.4, 0.5) is 0 Å². The Morgan fingerprint density at radius 2 is 1.19 bits per heavy atom. The van der Waals surface area contributed by atoms with Gasteiger partial charge in [-0.05, 0) is 29.7 Å². The van der Waals surface area contributed by atoms with Gasteiger partial charge in [0.25, 0.3) is 5.91 Å². The third kappa shape index (κ3) is 3.22. The molecule has 0 aliphatic heterocycles. The van der Waals surface area contributed by atoms with Crippen LogP contribution in [0.1, 0.15) is 27.9 Å². The Morgan fingerprint density at radius 3 is 1.70 bits per heavy atom. The largest absolute Gasteiger partial charge is 0.273 e. The Hall–Kier alpha value is -3.40. The van der Waals surface area contributed by atoms with E-state index in [4.69, 9.17) is 0 Å². The normalized spacial score (nSPS) is 17.0. The van der Waals surface area contributed by atoms with Gasteiger partial charge in [0.15, 0.2) is 0 Å². The monoisotopic (exact) mass is 356 g/mol. The molecule has 1 aliphatic rings. The molecular weight excluding hydrogens is 336 g/mol. The van der Waals surface area contributed by atoms with Crippen molar-refractivity contribution in [1.29, 1.82) is 0 Å². The van der Waals surface area contributed by atoms with Crippen molar-refractivity contribution in [1.82, 2.24) is 10.9 Å². The summed E-state index contributed by atoms with van der Waals surface area (Å²) < 4.78 is 0. The number of carbonyl (C=O) groups excluding carboxylic acids is 2. The lowest BCUT2D eigenvalue weighted by molar-refractivity contribution is -0.123. The van der Waals surface area contributed by atoms with E-state index in [-0.39, 0.29) is 23.1 Å². The molecule has 0 aromatic heterocycles. The molecular formula is C23H20N2O2. The molecule has 134 valence electrons. The van der Waals surface area contributed by atoms with E-state index in [0.717, 1.165) is 11.1 Å². The molecule has 1 unspecified atom stereocenters. The number of rotatable bonds is 4. The van der Waals surface area contributed by atoms with Crippen molar-refractivity contribution in [2.45, 2.75) is 11.8 Å². The first-order valence-corrected chi connectivity index (χ1v) is 8.98. The van der Waals surface area contributed by atoms with Gasteiger partial charge < -0.3 is 0 Å². The smallest absolute Gasteiger partial charge is 0.269 e. The summed E-state index contributed by atoms with van der Waals surface area (Å²) in [7, 11) is 0. The van der Waals surface area contributed by atoms with E-state index in [0.29, 0.717) is 12.0 Å². The number of hydrogen-bond donors (Lipinski definition) is 2. The fraction of sp³-hybridized carbons (Fsp3) is 0.130. The average Bonchev–Trinajstić information content (AvgIpc) is 3.51. The molecule has 0 bridgehead atoms. The van der Waals surface area contributed by atoms with Crippen molar-refractivity contribution >= 4 is 11.8 Å². The first-order chi connectivity index (χ1) is 13.2. The van der Waals surface area contributed by atoms with Crippen LogP contribution in [0.2, 0.25) is 0 Å². The lowest BCUT2D eigenvalue weighted by Gasteiger charge is -2.19. The van der Waals surface area contributed by atoms with E-state index in [1.807, 2.05) is 42.5 Å². The van der Waals surface area contributed by atoms with Crippen LogP contribution in [-0.4, -0.2) is 11.8 Å². The van der Waals surface area contributed by atoms with Gasteiger partial charge in [-0.1, -0.05) is 78.9 Å². The minimum atomic E-state index is -0.343. The molecule has 4 rings (SSSR count). The van der Waals surface area contributed by atoms with Crippen LogP contribution in [0, 0.1) is 5.92 Å². The quantitative estimate of drug-likeness (QED) is 0.704. The van der Waals surface area contributed by atoms with Gasteiger partial charge in [-0.2, -0.15) is 0 Å². The first-order valence-electron chi connectivity index (χ1n) is 8.98.